The molecular formula is C24H20N2O5. The molecule has 1 amide bonds. The van der Waals surface area contributed by atoms with E-state index in [0.717, 1.165) is 6.08 Å². The number of carbonyl (C=O) groups is 2. The van der Waals surface area contributed by atoms with Gasteiger partial charge in [-0.25, -0.2) is 9.59 Å². The van der Waals surface area contributed by atoms with Crippen LogP contribution in [0.5, 0.6) is 5.75 Å². The average molecular weight is 416 g/mol. The molecule has 3 N–H and O–H groups in total. The monoisotopic (exact) mass is 416 g/mol. The van der Waals surface area contributed by atoms with Gasteiger partial charge in [-0.3, -0.25) is 5.32 Å². The number of amides is 1. The third kappa shape index (κ3) is 5.19. The van der Waals surface area contributed by atoms with Gasteiger partial charge in [-0.15, -0.1) is 0 Å². The highest BCUT2D eigenvalue weighted by molar-refractivity contribution is 5.91. The molecule has 0 saturated heterocycles. The molecule has 31 heavy (non-hydrogen) atoms. The number of fused-ring (bicyclic) bond motifs is 1. The molecule has 3 aromatic rings. The molecule has 0 aliphatic heterocycles. The number of carbonyl (C=O) groups excluding carboxylic acids is 1. The third-order valence-electron chi connectivity index (χ3n) is 4.76. The first-order valence-electron chi connectivity index (χ1n) is 9.48. The van der Waals surface area contributed by atoms with Gasteiger partial charge >= 0.3 is 12.1 Å². The zero-order valence-corrected chi connectivity index (χ0v) is 16.6. The first-order valence-corrected chi connectivity index (χ1v) is 9.48. The molecule has 7 heteroatoms. The normalized spacial score (nSPS) is 12.8. The summed E-state index contributed by atoms with van der Waals surface area (Å²) in [5.41, 5.74) is 1.54. The number of nitrogens with one attached hydrogen (secondary N) is 1. The van der Waals surface area contributed by atoms with E-state index in [1.807, 2.05) is 6.07 Å². The summed E-state index contributed by atoms with van der Waals surface area (Å²) in [5, 5.41) is 31.9. The topological polar surface area (TPSA) is 120 Å². The maximum absolute atomic E-state index is 12.6. The Morgan fingerprint density at radius 1 is 1.06 bits per heavy atom. The van der Waals surface area contributed by atoms with Gasteiger partial charge in [0, 0.05) is 28.6 Å². The van der Waals surface area contributed by atoms with E-state index in [-0.39, 0.29) is 5.75 Å². The van der Waals surface area contributed by atoms with Crippen molar-refractivity contribution in [1.82, 2.24) is 0 Å². The predicted octanol–water partition coefficient (Wildman–Crippen LogP) is 4.98. The first kappa shape index (κ1) is 21.4. The van der Waals surface area contributed by atoms with E-state index in [0.29, 0.717) is 27.6 Å². The minimum atomic E-state index is -1.11. The molecule has 3 aromatic carbocycles. The summed E-state index contributed by atoms with van der Waals surface area (Å²) < 4.78 is 5.70. The smallest absolute Gasteiger partial charge is 0.412 e. The van der Waals surface area contributed by atoms with Gasteiger partial charge in [0.1, 0.15) is 11.9 Å². The first-order chi connectivity index (χ1) is 14.9. The van der Waals surface area contributed by atoms with E-state index in [1.165, 1.54) is 12.1 Å². The lowest BCUT2D eigenvalue weighted by Crippen LogP contribution is -2.21. The van der Waals surface area contributed by atoms with Crippen LogP contribution >= 0.6 is 0 Å². The highest BCUT2D eigenvalue weighted by atomic mass is 16.6. The number of phenolic OH excluding ortho intramolecular Hbond substituents is 1. The number of nitriles is 1. The fraction of sp³-hybridized carbons (Fsp3) is 0.125. The molecule has 3 rings (SSSR count). The number of carboxylic acid groups (broad SMARTS) is 1. The van der Waals surface area contributed by atoms with E-state index in [9.17, 15) is 14.7 Å². The molecule has 156 valence electrons. The Morgan fingerprint density at radius 2 is 1.74 bits per heavy atom. The fourth-order valence-electron chi connectivity index (χ4n) is 3.23. The van der Waals surface area contributed by atoms with Crippen molar-refractivity contribution in [1.29, 1.82) is 5.26 Å². The number of carboxylic acids is 1. The Hall–Kier alpha value is -4.31. The molecule has 7 nitrogen and oxygen atoms in total. The lowest BCUT2D eigenvalue weighted by Gasteiger charge is -2.24. The number of aliphatic carboxylic acids is 1. The lowest BCUT2D eigenvalue weighted by atomic mass is 9.92. The Bertz CT molecular complexity index is 1180. The third-order valence-corrected chi connectivity index (χ3v) is 4.76. The van der Waals surface area contributed by atoms with E-state index in [1.54, 1.807) is 61.5 Å². The van der Waals surface area contributed by atoms with Crippen LogP contribution in [0.25, 0.3) is 10.8 Å². The summed E-state index contributed by atoms with van der Waals surface area (Å²) in [6, 6.07) is 18.6. The molecule has 0 unspecified atom stereocenters. The zero-order valence-electron chi connectivity index (χ0n) is 16.6. The number of phenols is 1. The molecule has 0 bridgehead atoms. The van der Waals surface area contributed by atoms with Crippen molar-refractivity contribution in [3.8, 4) is 11.8 Å². The largest absolute Gasteiger partial charge is 0.507 e. The van der Waals surface area contributed by atoms with Crippen molar-refractivity contribution in [2.75, 3.05) is 5.32 Å². The molecule has 0 aliphatic carbocycles. The van der Waals surface area contributed by atoms with E-state index >= 15 is 0 Å². The lowest BCUT2D eigenvalue weighted by molar-refractivity contribution is -0.131. The summed E-state index contributed by atoms with van der Waals surface area (Å²) >= 11 is 0. The number of hydrogen-bond donors (Lipinski definition) is 3. The molecule has 2 atom stereocenters. The van der Waals surface area contributed by atoms with Gasteiger partial charge in [0.15, 0.2) is 0 Å². The quantitative estimate of drug-likeness (QED) is 0.487. The number of ether oxygens (including phenoxy) is 1. The molecule has 0 aliphatic rings. The van der Waals surface area contributed by atoms with Crippen LogP contribution < -0.4 is 5.32 Å². The summed E-state index contributed by atoms with van der Waals surface area (Å²) in [7, 11) is 0. The zero-order chi connectivity index (χ0) is 22.4. The van der Waals surface area contributed by atoms with Gasteiger partial charge in [0.25, 0.3) is 0 Å². The Labute approximate surface area is 178 Å². The molecule has 0 aromatic heterocycles. The second-order valence-corrected chi connectivity index (χ2v) is 6.92. The van der Waals surface area contributed by atoms with E-state index in [4.69, 9.17) is 15.1 Å². The summed E-state index contributed by atoms with van der Waals surface area (Å²) in [6.45, 7) is 1.74. The van der Waals surface area contributed by atoms with Crippen LogP contribution in [0.15, 0.2) is 72.8 Å². The number of benzene rings is 3. The number of anilines is 1. The van der Waals surface area contributed by atoms with Crippen LogP contribution in [-0.2, 0) is 9.53 Å². The Balaban J connectivity index is 1.93. The second-order valence-electron chi connectivity index (χ2n) is 6.92. The average Bonchev–Trinajstić information content (AvgIpc) is 2.77. The summed E-state index contributed by atoms with van der Waals surface area (Å²) in [6.07, 6.45) is 0.896. The van der Waals surface area contributed by atoms with Crippen LogP contribution in [0, 0.1) is 17.2 Å². The molecule has 0 fully saturated rings. The van der Waals surface area contributed by atoms with Crippen LogP contribution in [0.2, 0.25) is 0 Å². The fourth-order valence-corrected chi connectivity index (χ4v) is 3.23. The highest BCUT2D eigenvalue weighted by Gasteiger charge is 2.25. The number of rotatable bonds is 6. The SMILES string of the molecule is C[C@@H](/C=C/C(=O)O)[C@H](OC(=O)Nc1ccc(C#N)cc1)c1ccc(O)c2ccccc12. The van der Waals surface area contributed by atoms with Crippen molar-refractivity contribution in [3.05, 3.63) is 83.9 Å². The van der Waals surface area contributed by atoms with Crippen LogP contribution in [-0.4, -0.2) is 22.3 Å². The van der Waals surface area contributed by atoms with Gasteiger partial charge in [0.05, 0.1) is 11.6 Å². The van der Waals surface area contributed by atoms with E-state index in [2.05, 4.69) is 5.32 Å². The molecule has 0 heterocycles. The van der Waals surface area contributed by atoms with E-state index < -0.39 is 24.1 Å². The van der Waals surface area contributed by atoms with Gasteiger partial charge < -0.3 is 14.9 Å². The van der Waals surface area contributed by atoms with Gasteiger partial charge in [0.2, 0.25) is 0 Å². The van der Waals surface area contributed by atoms with Crippen LogP contribution in [0.1, 0.15) is 24.2 Å². The molecule has 0 spiro atoms. The van der Waals surface area contributed by atoms with Crippen LogP contribution in [0.3, 0.4) is 0 Å². The number of hydrogen-bond acceptors (Lipinski definition) is 5. The van der Waals surface area contributed by atoms with Crippen molar-refractivity contribution in [2.24, 2.45) is 5.92 Å². The summed E-state index contributed by atoms with van der Waals surface area (Å²) in [4.78, 5) is 23.6. The molecule has 0 radical (unpaired) electrons. The number of nitrogens with zero attached hydrogens (tertiary/aromatic N) is 1. The van der Waals surface area contributed by atoms with Crippen molar-refractivity contribution < 1.29 is 24.5 Å². The van der Waals surface area contributed by atoms with Gasteiger partial charge in [-0.05, 0) is 35.7 Å². The predicted molar refractivity (Wildman–Crippen MR) is 116 cm³/mol. The molecule has 0 saturated carbocycles. The summed E-state index contributed by atoms with van der Waals surface area (Å²) in [5.74, 6) is -1.49. The van der Waals surface area contributed by atoms with Crippen molar-refractivity contribution in [2.45, 2.75) is 13.0 Å². The minimum absolute atomic E-state index is 0.0915. The van der Waals surface area contributed by atoms with Gasteiger partial charge in [-0.1, -0.05) is 43.3 Å². The van der Waals surface area contributed by atoms with Gasteiger partial charge in [-0.2, -0.15) is 5.26 Å². The minimum Gasteiger partial charge on any atom is -0.507 e. The second kappa shape index (κ2) is 9.46. The van der Waals surface area contributed by atoms with Crippen molar-refractivity contribution >= 4 is 28.5 Å². The maximum atomic E-state index is 12.6. The Kier molecular flexibility index (Phi) is 6.53. The highest BCUT2D eigenvalue weighted by Crippen LogP contribution is 2.36. The van der Waals surface area contributed by atoms with Crippen molar-refractivity contribution in [3.63, 3.8) is 0 Å². The number of aromatic hydroxyl groups is 1. The standard InChI is InChI=1S/C24H20N2O5/c1-15(6-13-22(28)29)23(20-11-12-21(27)19-5-3-2-4-18(19)20)31-24(30)26-17-9-7-16(14-25)8-10-17/h2-13,15,23,27H,1H3,(H,26,30)(H,28,29)/b13-6+/t15-,23-/m0/s1. The van der Waals surface area contributed by atoms with Crippen LogP contribution in [0.4, 0.5) is 10.5 Å². The maximum Gasteiger partial charge on any atom is 0.412 e. The molecular weight excluding hydrogens is 396 g/mol. The Morgan fingerprint density at radius 3 is 2.39 bits per heavy atom.